The van der Waals surface area contributed by atoms with Crippen molar-refractivity contribution in [2.75, 3.05) is 10.2 Å². The average Bonchev–Trinajstić information content (AvgIpc) is 3.25. The molecule has 0 unspecified atom stereocenters. The Hall–Kier alpha value is -2.45. The molecule has 0 amide bonds. The largest absolute Gasteiger partial charge is 0.397 e. The second kappa shape index (κ2) is 9.30. The predicted molar refractivity (Wildman–Crippen MR) is 150 cm³/mol. The summed E-state index contributed by atoms with van der Waals surface area (Å²) in [6.45, 7) is 0. The van der Waals surface area contributed by atoms with Crippen molar-refractivity contribution in [3.63, 3.8) is 0 Å². The standard InChI is InChI=1S/C20H9B10F4N5/c21-16(22)17(23,24)19(27,28)39(20(29,30)18(16,25)26)13-2-8(14(33)34)1-11(6-13)36-15-35-7-38(37-15)12-4-9(31)3-10(32)5-12/h1-7,14H,(H,36,37). The van der Waals surface area contributed by atoms with Crippen molar-refractivity contribution >= 4 is 95.8 Å². The smallest absolute Gasteiger partial charge is 0.263 e. The number of anilines is 3. The van der Waals surface area contributed by atoms with Crippen molar-refractivity contribution in [1.82, 2.24) is 14.8 Å². The maximum Gasteiger partial charge on any atom is 0.263 e. The quantitative estimate of drug-likeness (QED) is 0.405. The molecule has 2 heterocycles. The molecule has 1 saturated heterocycles. The molecule has 0 atom stereocenters. The maximum atomic E-state index is 13.9. The van der Waals surface area contributed by atoms with Crippen LogP contribution >= 0.6 is 0 Å². The zero-order chi connectivity index (χ0) is 29.3. The van der Waals surface area contributed by atoms with Crippen LogP contribution in [-0.4, -0.2) is 104 Å². The van der Waals surface area contributed by atoms with Gasteiger partial charge < -0.3 is 10.2 Å². The van der Waals surface area contributed by atoms with Gasteiger partial charge in [0.05, 0.1) is 84.2 Å². The van der Waals surface area contributed by atoms with Gasteiger partial charge in [-0.1, -0.05) is 0 Å². The van der Waals surface area contributed by atoms with E-state index in [1.165, 1.54) is 6.07 Å². The number of alkyl halides is 2. The minimum absolute atomic E-state index is 0.00648. The van der Waals surface area contributed by atoms with E-state index in [-0.39, 0.29) is 23.0 Å². The summed E-state index contributed by atoms with van der Waals surface area (Å²) in [6, 6.07) is 5.87. The van der Waals surface area contributed by atoms with E-state index >= 15 is 0 Å². The van der Waals surface area contributed by atoms with E-state index in [4.69, 9.17) is 78.5 Å². The number of benzene rings is 2. The summed E-state index contributed by atoms with van der Waals surface area (Å²) in [6.07, 6.45) is -1.90. The lowest BCUT2D eigenvalue weighted by molar-refractivity contribution is 0.151. The SMILES string of the molecule is [B]C1([B])N(c2cc(Nc3ncn(-c4cc(F)cc(F)c4)n3)cc(C(F)F)c2)C([B])([B])C([B])([B])C([B])([B])C1([B])[B]. The molecule has 1 N–H and O–H groups in total. The number of hydrogen-bond donors (Lipinski definition) is 1. The number of aromatic nitrogens is 3. The molecular weight excluding hydrogens is 494 g/mol. The summed E-state index contributed by atoms with van der Waals surface area (Å²) in [5.41, 5.74) is -0.904. The first-order valence-electron chi connectivity index (χ1n) is 11.0. The Labute approximate surface area is 236 Å². The topological polar surface area (TPSA) is 46.0 Å². The average molecular weight is 503 g/mol. The normalized spacial score (nSPS) is 20.5. The summed E-state index contributed by atoms with van der Waals surface area (Å²) in [4.78, 5) is 4.70. The fraction of sp³-hybridized carbons (Fsp3) is 0.300. The van der Waals surface area contributed by atoms with Gasteiger partial charge in [-0.25, -0.2) is 22.2 Å². The van der Waals surface area contributed by atoms with Crippen LogP contribution in [0.4, 0.5) is 34.9 Å². The molecule has 172 valence electrons. The Morgan fingerprint density at radius 1 is 0.692 bits per heavy atom. The number of nitrogens with zero attached hydrogens (tertiary/aromatic N) is 4. The molecule has 1 aliphatic rings. The Balaban J connectivity index is 1.81. The first-order chi connectivity index (χ1) is 17.7. The molecule has 2 aromatic carbocycles. The van der Waals surface area contributed by atoms with Crippen molar-refractivity contribution < 1.29 is 17.6 Å². The van der Waals surface area contributed by atoms with Gasteiger partial charge in [-0.2, -0.15) is 4.98 Å². The van der Waals surface area contributed by atoms with Gasteiger partial charge in [0.15, 0.2) is 0 Å². The molecule has 1 fully saturated rings. The molecule has 1 aromatic heterocycles. The molecular formula is C20H9B10F4N5. The minimum atomic E-state index is -3.03. The first-order valence-corrected chi connectivity index (χ1v) is 11.0. The number of rotatable bonds is 5. The lowest BCUT2D eigenvalue weighted by atomic mass is 9.05. The third kappa shape index (κ3) is 4.48. The monoisotopic (exact) mass is 505 g/mol. The van der Waals surface area contributed by atoms with Gasteiger partial charge >= 0.3 is 0 Å². The minimum Gasteiger partial charge on any atom is -0.397 e. The van der Waals surface area contributed by atoms with Crippen LogP contribution in [0.3, 0.4) is 0 Å². The summed E-state index contributed by atoms with van der Waals surface area (Å²) in [5, 5.41) is -5.84. The highest BCUT2D eigenvalue weighted by atomic mass is 19.3. The van der Waals surface area contributed by atoms with Crippen molar-refractivity contribution in [3.05, 3.63) is 59.9 Å². The first kappa shape index (κ1) is 29.5. The van der Waals surface area contributed by atoms with Crippen LogP contribution in [0.1, 0.15) is 12.0 Å². The highest BCUT2D eigenvalue weighted by Gasteiger charge is 2.63. The number of hydrogen-bond acceptors (Lipinski definition) is 4. The van der Waals surface area contributed by atoms with Gasteiger partial charge in [0.25, 0.3) is 6.43 Å². The van der Waals surface area contributed by atoms with E-state index in [1.807, 2.05) is 0 Å². The summed E-state index contributed by atoms with van der Waals surface area (Å²) >= 11 is 0. The van der Waals surface area contributed by atoms with Crippen molar-refractivity contribution in [2.24, 2.45) is 0 Å². The second-order valence-corrected chi connectivity index (χ2v) is 9.47. The fourth-order valence-corrected chi connectivity index (χ4v) is 4.32. The van der Waals surface area contributed by atoms with Gasteiger partial charge in [0, 0.05) is 23.0 Å². The van der Waals surface area contributed by atoms with Gasteiger partial charge in [0.1, 0.15) is 18.0 Å². The van der Waals surface area contributed by atoms with Crippen LogP contribution < -0.4 is 10.2 Å². The zero-order valence-electron chi connectivity index (χ0n) is 20.2. The van der Waals surface area contributed by atoms with E-state index in [1.54, 1.807) is 0 Å². The van der Waals surface area contributed by atoms with Crippen LogP contribution in [0.2, 0.25) is 15.6 Å². The van der Waals surface area contributed by atoms with Gasteiger partial charge in [-0.3, -0.25) is 0 Å². The van der Waals surface area contributed by atoms with E-state index in [0.29, 0.717) is 6.07 Å². The fourth-order valence-electron chi connectivity index (χ4n) is 4.32. The molecule has 39 heavy (non-hydrogen) atoms. The van der Waals surface area contributed by atoms with Gasteiger partial charge in [0.2, 0.25) is 5.95 Å². The van der Waals surface area contributed by atoms with Crippen molar-refractivity contribution in [3.8, 4) is 5.69 Å². The van der Waals surface area contributed by atoms with E-state index < -0.39 is 49.9 Å². The number of halogens is 4. The van der Waals surface area contributed by atoms with Crippen LogP contribution in [-0.2, 0) is 0 Å². The van der Waals surface area contributed by atoms with E-state index in [2.05, 4.69) is 15.4 Å². The summed E-state index contributed by atoms with van der Waals surface area (Å²) in [7, 11) is 61.6. The van der Waals surface area contributed by atoms with E-state index in [9.17, 15) is 17.6 Å². The second-order valence-electron chi connectivity index (χ2n) is 9.47. The van der Waals surface area contributed by atoms with Crippen molar-refractivity contribution in [2.45, 2.75) is 32.7 Å². The van der Waals surface area contributed by atoms with E-state index in [0.717, 1.165) is 40.2 Å². The van der Waals surface area contributed by atoms with Crippen molar-refractivity contribution in [1.29, 1.82) is 0 Å². The summed E-state index contributed by atoms with van der Waals surface area (Å²) in [5.74, 6) is -1.86. The van der Waals surface area contributed by atoms with Crippen LogP contribution in [0.5, 0.6) is 0 Å². The molecule has 3 aromatic rings. The molecule has 0 saturated carbocycles. The molecule has 0 spiro atoms. The maximum absolute atomic E-state index is 13.9. The number of nitrogens with one attached hydrogen (secondary N) is 1. The molecule has 0 bridgehead atoms. The molecule has 19 heteroatoms. The zero-order valence-corrected chi connectivity index (χ0v) is 20.2. The van der Waals surface area contributed by atoms with Gasteiger partial charge in [-0.15, -0.1) is 20.7 Å². The summed E-state index contributed by atoms with van der Waals surface area (Å²) < 4.78 is 56.1. The number of piperidine rings is 1. The highest BCUT2D eigenvalue weighted by Crippen LogP contribution is 2.69. The Morgan fingerprint density at radius 2 is 1.23 bits per heavy atom. The molecule has 1 aliphatic heterocycles. The lowest BCUT2D eigenvalue weighted by Crippen LogP contribution is -2.81. The van der Waals surface area contributed by atoms with Crippen LogP contribution in [0.15, 0.2) is 42.7 Å². The predicted octanol–water partition coefficient (Wildman–Crippen LogP) is 0.388. The Kier molecular flexibility index (Phi) is 7.04. The Bertz CT molecular complexity index is 1370. The van der Waals surface area contributed by atoms with Crippen LogP contribution in [0.25, 0.3) is 5.69 Å². The van der Waals surface area contributed by atoms with Crippen LogP contribution in [0, 0.1) is 11.6 Å². The molecule has 5 nitrogen and oxygen atoms in total. The lowest BCUT2D eigenvalue weighted by Gasteiger charge is -2.79. The highest BCUT2D eigenvalue weighted by molar-refractivity contribution is 6.71. The van der Waals surface area contributed by atoms with Gasteiger partial charge in [-0.05, 0) is 41.0 Å². The molecule has 20 radical (unpaired) electrons. The third-order valence-electron chi connectivity index (χ3n) is 6.74. The molecule has 4 rings (SSSR count). The Morgan fingerprint density at radius 3 is 1.74 bits per heavy atom. The molecule has 0 aliphatic carbocycles. The third-order valence-corrected chi connectivity index (χ3v) is 6.74.